The molecule has 2 saturated carbocycles. The molecule has 2 amide bonds. The lowest BCUT2D eigenvalue weighted by Crippen LogP contribution is -2.59. The van der Waals surface area contributed by atoms with Gasteiger partial charge in [-0.05, 0) is 106 Å². The van der Waals surface area contributed by atoms with Gasteiger partial charge in [0.1, 0.15) is 0 Å². The molecule has 2 bridgehead atoms. The highest BCUT2D eigenvalue weighted by atomic mass is 16.7. The van der Waals surface area contributed by atoms with Crippen molar-refractivity contribution in [1.82, 2.24) is 4.90 Å². The van der Waals surface area contributed by atoms with E-state index in [1.54, 1.807) is 0 Å². The Bertz CT molecular complexity index is 1060. The third-order valence-corrected chi connectivity index (χ3v) is 10.0. The average molecular weight is 480 g/mol. The molecule has 4 N–H and O–H groups in total. The molecule has 3 aliphatic carbocycles. The molecule has 188 valence electrons. The van der Waals surface area contributed by atoms with E-state index >= 15 is 0 Å². The number of nitrogens with two attached hydrogens (primary N) is 2. The Morgan fingerprint density at radius 2 is 1.57 bits per heavy atom. The van der Waals surface area contributed by atoms with Gasteiger partial charge in [-0.25, -0.2) is 0 Å². The zero-order valence-corrected chi connectivity index (χ0v) is 20.5. The number of carbonyl (C=O) groups excluding carboxylic acids is 2. The minimum atomic E-state index is -0.960. The van der Waals surface area contributed by atoms with Gasteiger partial charge >= 0.3 is 0 Å². The second-order valence-corrected chi connectivity index (χ2v) is 11.4. The first kappa shape index (κ1) is 22.9. The first-order valence-electron chi connectivity index (χ1n) is 13.3. The van der Waals surface area contributed by atoms with Gasteiger partial charge in [0.25, 0.3) is 0 Å². The molecule has 1 aromatic carbocycles. The Balaban J connectivity index is 1.30. The van der Waals surface area contributed by atoms with Crippen molar-refractivity contribution in [3.8, 4) is 11.5 Å². The number of nitrogens with zero attached hydrogens (tertiary/aromatic N) is 1. The number of rotatable bonds is 10. The minimum absolute atomic E-state index is 0.00791. The summed E-state index contributed by atoms with van der Waals surface area (Å²) >= 11 is 0. The van der Waals surface area contributed by atoms with E-state index in [2.05, 4.69) is 17.1 Å². The molecule has 0 unspecified atom stereocenters. The molecule has 1 saturated heterocycles. The summed E-state index contributed by atoms with van der Waals surface area (Å²) in [7, 11) is 0. The molecule has 2 aliphatic heterocycles. The highest BCUT2D eigenvalue weighted by Crippen LogP contribution is 2.81. The fourth-order valence-corrected chi connectivity index (χ4v) is 8.36. The third-order valence-electron chi connectivity index (χ3n) is 10.0. The van der Waals surface area contributed by atoms with E-state index in [0.717, 1.165) is 62.4 Å². The molecule has 1 spiro atoms. The number of ether oxygens (including phenoxy) is 2. The summed E-state index contributed by atoms with van der Waals surface area (Å²) in [6, 6.07) is 5.91. The van der Waals surface area contributed by atoms with Crippen LogP contribution in [0.15, 0.2) is 30.4 Å². The Morgan fingerprint density at radius 3 is 2.23 bits per heavy atom. The summed E-state index contributed by atoms with van der Waals surface area (Å²) in [6.07, 6.45) is 12.7. The number of allylic oxidation sites excluding steroid dienone is 2. The first-order chi connectivity index (χ1) is 16.9. The van der Waals surface area contributed by atoms with Crippen LogP contribution < -0.4 is 20.9 Å². The van der Waals surface area contributed by atoms with Crippen LogP contribution in [0, 0.1) is 28.1 Å². The van der Waals surface area contributed by atoms with Crippen molar-refractivity contribution in [2.24, 2.45) is 39.5 Å². The van der Waals surface area contributed by atoms with Crippen molar-refractivity contribution in [2.45, 2.75) is 57.8 Å². The van der Waals surface area contributed by atoms with Crippen LogP contribution >= 0.6 is 0 Å². The summed E-state index contributed by atoms with van der Waals surface area (Å²) in [5.74, 6) is 0.755. The molecule has 0 radical (unpaired) electrons. The van der Waals surface area contributed by atoms with E-state index in [1.807, 2.05) is 18.2 Å². The van der Waals surface area contributed by atoms with E-state index in [0.29, 0.717) is 19.3 Å². The molecule has 5 aliphatic rings. The normalized spacial score (nSPS) is 33.6. The summed E-state index contributed by atoms with van der Waals surface area (Å²) in [6.45, 7) is 3.60. The van der Waals surface area contributed by atoms with Crippen LogP contribution in [0.25, 0.3) is 0 Å². The molecule has 6 rings (SSSR count). The van der Waals surface area contributed by atoms with Gasteiger partial charge in [-0.1, -0.05) is 24.6 Å². The molecule has 7 heteroatoms. The highest BCUT2D eigenvalue weighted by Gasteiger charge is 2.81. The highest BCUT2D eigenvalue weighted by molar-refractivity contribution is 5.95. The van der Waals surface area contributed by atoms with Crippen molar-refractivity contribution < 1.29 is 19.1 Å². The number of hydrogen-bond donors (Lipinski definition) is 2. The van der Waals surface area contributed by atoms with E-state index in [4.69, 9.17) is 20.9 Å². The van der Waals surface area contributed by atoms with Crippen LogP contribution in [0.4, 0.5) is 0 Å². The lowest BCUT2D eigenvalue weighted by molar-refractivity contribution is -0.152. The number of amides is 2. The van der Waals surface area contributed by atoms with E-state index in [1.165, 1.54) is 12.8 Å². The van der Waals surface area contributed by atoms with Crippen molar-refractivity contribution >= 4 is 11.8 Å². The Hall–Kier alpha value is -2.54. The molecule has 1 aromatic rings. The van der Waals surface area contributed by atoms with E-state index in [9.17, 15) is 9.59 Å². The number of unbranched alkanes of at least 4 members (excludes halogenated alkanes) is 1. The fraction of sp³-hybridized carbons (Fsp3) is 0.643. The monoisotopic (exact) mass is 479 g/mol. The maximum absolute atomic E-state index is 13.5. The van der Waals surface area contributed by atoms with Crippen LogP contribution in [0.1, 0.15) is 56.9 Å². The van der Waals surface area contributed by atoms with Gasteiger partial charge in [0.05, 0.1) is 10.8 Å². The third kappa shape index (κ3) is 3.19. The lowest BCUT2D eigenvalue weighted by atomic mass is 9.53. The standard InChI is InChI=1S/C28H37N3O4/c29-24(32)27(10-1-2-14-31-15-3-4-16-31)22-7-8-23(26(22)12-13-26)28(27,25(30)33)11-9-19-5-6-20-21(17-19)35-18-34-20/h5-8,17,22-23H,1-4,9-16,18H2,(H2,29,32)(H2,30,33)/t22-,23+,27+,28+/m1/s1. The molecule has 2 heterocycles. The number of benzene rings is 1. The maximum Gasteiger partial charge on any atom is 0.231 e. The Kier molecular flexibility index (Phi) is 5.40. The summed E-state index contributed by atoms with van der Waals surface area (Å²) in [5, 5.41) is 0. The van der Waals surface area contributed by atoms with Gasteiger partial charge in [-0.2, -0.15) is 0 Å². The first-order valence-corrected chi connectivity index (χ1v) is 13.3. The van der Waals surface area contributed by atoms with Crippen molar-refractivity contribution in [3.63, 3.8) is 0 Å². The maximum atomic E-state index is 13.5. The SMILES string of the molecule is NC(=O)[C@]1(CCCCN2CCCC2)[C@@H]2C=C[C@@H](C23CC3)[C@@]1(CCc1ccc2c(c1)OCO2)C(N)=O. The molecule has 3 fully saturated rings. The van der Waals surface area contributed by atoms with E-state index < -0.39 is 10.8 Å². The van der Waals surface area contributed by atoms with Crippen molar-refractivity contribution in [3.05, 3.63) is 35.9 Å². The van der Waals surface area contributed by atoms with Crippen molar-refractivity contribution in [2.75, 3.05) is 26.4 Å². The molecule has 4 atom stereocenters. The molecule has 7 nitrogen and oxygen atoms in total. The number of fused-ring (bicyclic) bond motifs is 1. The van der Waals surface area contributed by atoms with Gasteiger partial charge in [0.15, 0.2) is 11.5 Å². The van der Waals surface area contributed by atoms with Gasteiger partial charge in [-0.3, -0.25) is 9.59 Å². The zero-order valence-electron chi connectivity index (χ0n) is 20.5. The number of primary amides is 2. The molecule has 0 aromatic heterocycles. The molecule has 35 heavy (non-hydrogen) atoms. The fourth-order valence-electron chi connectivity index (χ4n) is 8.36. The number of hydrogen-bond acceptors (Lipinski definition) is 5. The second kappa shape index (κ2) is 8.26. The van der Waals surface area contributed by atoms with Crippen LogP contribution in [0.3, 0.4) is 0 Å². The molecular formula is C28H37N3O4. The van der Waals surface area contributed by atoms with Crippen LogP contribution in [0.2, 0.25) is 0 Å². The van der Waals surface area contributed by atoms with Crippen LogP contribution in [0.5, 0.6) is 11.5 Å². The smallest absolute Gasteiger partial charge is 0.231 e. The van der Waals surface area contributed by atoms with Gasteiger partial charge in [0, 0.05) is 0 Å². The summed E-state index contributed by atoms with van der Waals surface area (Å²) < 4.78 is 11.0. The lowest BCUT2D eigenvalue weighted by Gasteiger charge is -2.48. The van der Waals surface area contributed by atoms with Crippen molar-refractivity contribution in [1.29, 1.82) is 0 Å². The van der Waals surface area contributed by atoms with Gasteiger partial charge < -0.3 is 25.8 Å². The van der Waals surface area contributed by atoms with Crippen LogP contribution in [-0.4, -0.2) is 43.1 Å². The summed E-state index contributed by atoms with van der Waals surface area (Å²) in [4.78, 5) is 29.5. The zero-order chi connectivity index (χ0) is 24.3. The second-order valence-electron chi connectivity index (χ2n) is 11.4. The Labute approximate surface area is 207 Å². The van der Waals surface area contributed by atoms with Crippen LogP contribution in [-0.2, 0) is 16.0 Å². The number of likely N-dealkylation sites (tertiary alicyclic amines) is 1. The average Bonchev–Trinajstić information content (AvgIpc) is 3.17. The van der Waals surface area contributed by atoms with E-state index in [-0.39, 0.29) is 35.9 Å². The quantitative estimate of drug-likeness (QED) is 0.396. The summed E-state index contributed by atoms with van der Waals surface area (Å²) in [5.41, 5.74) is 11.8. The number of aryl methyl sites for hydroxylation is 1. The minimum Gasteiger partial charge on any atom is -0.454 e. The predicted molar refractivity (Wildman–Crippen MR) is 131 cm³/mol. The largest absolute Gasteiger partial charge is 0.454 e. The topological polar surface area (TPSA) is 108 Å². The Morgan fingerprint density at radius 1 is 0.914 bits per heavy atom. The van der Waals surface area contributed by atoms with Gasteiger partial charge in [-0.15, -0.1) is 0 Å². The predicted octanol–water partition coefficient (Wildman–Crippen LogP) is 3.15. The van der Waals surface area contributed by atoms with Gasteiger partial charge in [0.2, 0.25) is 18.6 Å². The molecular weight excluding hydrogens is 442 g/mol. The number of carbonyl (C=O) groups is 2.